The highest BCUT2D eigenvalue weighted by atomic mass is 32.2. The van der Waals surface area contributed by atoms with Gasteiger partial charge >= 0.3 is 5.97 Å². The topological polar surface area (TPSA) is 93.1 Å². The average Bonchev–Trinajstić information content (AvgIpc) is 2.76. The largest absolute Gasteiger partial charge is 0.504 e. The minimum absolute atomic E-state index is 0.0285. The van der Waals surface area contributed by atoms with E-state index in [9.17, 15) is 19.5 Å². The van der Waals surface area contributed by atoms with Crippen LogP contribution in [0.1, 0.15) is 19.4 Å². The van der Waals surface area contributed by atoms with E-state index < -0.39 is 23.7 Å². The number of esters is 1. The SMILES string of the molecule is COc1cc(/C=C2\SC(=O)N(CC(=O)OC(C)C)C2=O)ccc1O. The van der Waals surface area contributed by atoms with E-state index in [0.29, 0.717) is 5.56 Å². The molecule has 0 aromatic heterocycles. The van der Waals surface area contributed by atoms with Gasteiger partial charge in [-0.05, 0) is 49.4 Å². The number of carbonyl (C=O) groups is 3. The number of carbonyl (C=O) groups excluding carboxylic acids is 3. The number of phenolic OH excluding ortho intramolecular Hbond substituents is 1. The first kappa shape index (κ1) is 17.9. The molecule has 0 radical (unpaired) electrons. The Morgan fingerprint density at radius 1 is 1.38 bits per heavy atom. The number of rotatable bonds is 5. The molecule has 8 heteroatoms. The molecule has 1 aromatic rings. The first-order chi connectivity index (χ1) is 11.3. The van der Waals surface area contributed by atoms with Crippen molar-refractivity contribution in [3.63, 3.8) is 0 Å². The molecule has 1 N–H and O–H groups in total. The zero-order chi connectivity index (χ0) is 17.9. The summed E-state index contributed by atoms with van der Waals surface area (Å²) in [6.07, 6.45) is 1.18. The maximum Gasteiger partial charge on any atom is 0.326 e. The van der Waals surface area contributed by atoms with Crippen LogP contribution in [0, 0.1) is 0 Å². The minimum atomic E-state index is -0.639. The van der Waals surface area contributed by atoms with Crippen LogP contribution in [0.3, 0.4) is 0 Å². The van der Waals surface area contributed by atoms with E-state index in [1.165, 1.54) is 25.3 Å². The Morgan fingerprint density at radius 2 is 2.08 bits per heavy atom. The summed E-state index contributed by atoms with van der Waals surface area (Å²) in [5.74, 6) is -0.972. The van der Waals surface area contributed by atoms with E-state index in [1.54, 1.807) is 19.9 Å². The van der Waals surface area contributed by atoms with Gasteiger partial charge in [-0.15, -0.1) is 0 Å². The lowest BCUT2D eigenvalue weighted by molar-refractivity contribution is -0.149. The minimum Gasteiger partial charge on any atom is -0.504 e. The third-order valence-corrected chi connectivity index (χ3v) is 3.94. The highest BCUT2D eigenvalue weighted by Gasteiger charge is 2.36. The van der Waals surface area contributed by atoms with Gasteiger partial charge < -0.3 is 14.6 Å². The molecule has 0 saturated carbocycles. The molecular weight excluding hydrogens is 334 g/mol. The van der Waals surface area contributed by atoms with Crippen LogP contribution in [-0.2, 0) is 14.3 Å². The third-order valence-electron chi connectivity index (χ3n) is 3.03. The van der Waals surface area contributed by atoms with Crippen molar-refractivity contribution in [2.75, 3.05) is 13.7 Å². The maximum absolute atomic E-state index is 12.3. The van der Waals surface area contributed by atoms with Crippen molar-refractivity contribution in [2.24, 2.45) is 0 Å². The fourth-order valence-electron chi connectivity index (χ4n) is 2.00. The van der Waals surface area contributed by atoms with Crippen molar-refractivity contribution in [1.29, 1.82) is 0 Å². The normalized spacial score (nSPS) is 16.2. The van der Waals surface area contributed by atoms with E-state index in [1.807, 2.05) is 0 Å². The Bertz CT molecular complexity index is 713. The second-order valence-corrected chi connectivity index (χ2v) is 6.23. The van der Waals surface area contributed by atoms with E-state index in [-0.39, 0.29) is 22.5 Å². The smallest absolute Gasteiger partial charge is 0.326 e. The fourth-order valence-corrected chi connectivity index (χ4v) is 2.84. The molecule has 2 amide bonds. The second kappa shape index (κ2) is 7.39. The summed E-state index contributed by atoms with van der Waals surface area (Å²) in [6.45, 7) is 2.95. The summed E-state index contributed by atoms with van der Waals surface area (Å²) >= 11 is 0.743. The van der Waals surface area contributed by atoms with Gasteiger partial charge in [0.2, 0.25) is 0 Å². The second-order valence-electron chi connectivity index (χ2n) is 5.24. The molecule has 1 heterocycles. The third kappa shape index (κ3) is 4.08. The number of amides is 2. The van der Waals surface area contributed by atoms with Crippen LogP contribution in [0.4, 0.5) is 4.79 Å². The summed E-state index contributed by atoms with van der Waals surface area (Å²) in [4.78, 5) is 36.9. The number of aromatic hydroxyl groups is 1. The van der Waals surface area contributed by atoms with Crippen molar-refractivity contribution >= 4 is 35.0 Å². The maximum atomic E-state index is 12.3. The van der Waals surface area contributed by atoms with Gasteiger partial charge in [-0.1, -0.05) is 6.07 Å². The van der Waals surface area contributed by atoms with E-state index in [4.69, 9.17) is 9.47 Å². The molecule has 128 valence electrons. The van der Waals surface area contributed by atoms with Crippen molar-refractivity contribution in [2.45, 2.75) is 20.0 Å². The molecule has 1 aromatic carbocycles. The molecule has 1 fully saturated rings. The zero-order valence-corrected chi connectivity index (χ0v) is 14.3. The summed E-state index contributed by atoms with van der Waals surface area (Å²) in [6, 6.07) is 4.55. The van der Waals surface area contributed by atoms with E-state index in [2.05, 4.69) is 0 Å². The predicted molar refractivity (Wildman–Crippen MR) is 88.6 cm³/mol. The van der Waals surface area contributed by atoms with Crippen molar-refractivity contribution in [1.82, 2.24) is 4.90 Å². The molecule has 1 aliphatic rings. The zero-order valence-electron chi connectivity index (χ0n) is 13.4. The molecule has 0 atom stereocenters. The molecule has 0 spiro atoms. The van der Waals surface area contributed by atoms with Crippen LogP contribution in [0.25, 0.3) is 6.08 Å². The Hall–Kier alpha value is -2.48. The Kier molecular flexibility index (Phi) is 5.50. The van der Waals surface area contributed by atoms with Crippen LogP contribution < -0.4 is 4.74 Å². The van der Waals surface area contributed by atoms with Gasteiger partial charge in [0.1, 0.15) is 6.54 Å². The number of thioether (sulfide) groups is 1. The molecule has 0 unspecified atom stereocenters. The Morgan fingerprint density at radius 3 is 2.71 bits per heavy atom. The number of hydrogen-bond donors (Lipinski definition) is 1. The number of hydrogen-bond acceptors (Lipinski definition) is 7. The lowest BCUT2D eigenvalue weighted by Crippen LogP contribution is -2.35. The van der Waals surface area contributed by atoms with Crippen LogP contribution >= 0.6 is 11.8 Å². The number of imide groups is 1. The highest BCUT2D eigenvalue weighted by Crippen LogP contribution is 2.34. The number of ether oxygens (including phenoxy) is 2. The van der Waals surface area contributed by atoms with Crippen molar-refractivity contribution in [3.8, 4) is 11.5 Å². The Balaban J connectivity index is 2.17. The molecule has 2 rings (SSSR count). The Labute approximate surface area is 143 Å². The van der Waals surface area contributed by atoms with Gasteiger partial charge in [0.05, 0.1) is 18.1 Å². The molecule has 0 bridgehead atoms. The first-order valence-corrected chi connectivity index (χ1v) is 7.95. The number of methoxy groups -OCH3 is 1. The molecule has 1 aliphatic heterocycles. The van der Waals surface area contributed by atoms with Gasteiger partial charge in [0, 0.05) is 0 Å². The van der Waals surface area contributed by atoms with Gasteiger partial charge in [0.15, 0.2) is 11.5 Å². The predicted octanol–water partition coefficient (Wildman–Crippen LogP) is 2.39. The molecule has 1 saturated heterocycles. The van der Waals surface area contributed by atoms with Gasteiger partial charge in [-0.3, -0.25) is 19.3 Å². The first-order valence-electron chi connectivity index (χ1n) is 7.13. The monoisotopic (exact) mass is 351 g/mol. The molecular formula is C16H17NO6S. The van der Waals surface area contributed by atoms with E-state index in [0.717, 1.165) is 16.7 Å². The molecule has 7 nitrogen and oxygen atoms in total. The summed E-state index contributed by atoms with van der Waals surface area (Å²) in [7, 11) is 1.41. The van der Waals surface area contributed by atoms with Crippen LogP contribution in [0.2, 0.25) is 0 Å². The quantitative estimate of drug-likeness (QED) is 0.643. The summed E-state index contributed by atoms with van der Waals surface area (Å²) < 4.78 is 9.95. The van der Waals surface area contributed by atoms with Crippen LogP contribution in [0.5, 0.6) is 11.5 Å². The molecule has 24 heavy (non-hydrogen) atoms. The van der Waals surface area contributed by atoms with Crippen molar-refractivity contribution < 1.29 is 29.0 Å². The lowest BCUT2D eigenvalue weighted by Gasteiger charge is -2.13. The van der Waals surface area contributed by atoms with Gasteiger partial charge in [-0.25, -0.2) is 0 Å². The van der Waals surface area contributed by atoms with E-state index >= 15 is 0 Å². The lowest BCUT2D eigenvalue weighted by atomic mass is 10.2. The van der Waals surface area contributed by atoms with Gasteiger partial charge in [-0.2, -0.15) is 0 Å². The van der Waals surface area contributed by atoms with Crippen molar-refractivity contribution in [3.05, 3.63) is 28.7 Å². The molecule has 0 aliphatic carbocycles. The average molecular weight is 351 g/mol. The van der Waals surface area contributed by atoms with Gasteiger partial charge in [0.25, 0.3) is 11.1 Å². The highest BCUT2D eigenvalue weighted by molar-refractivity contribution is 8.18. The number of nitrogens with zero attached hydrogens (tertiary/aromatic N) is 1. The number of benzene rings is 1. The summed E-state index contributed by atoms with van der Waals surface area (Å²) in [5, 5.41) is 9.04. The standard InChI is InChI=1S/C16H17NO6S/c1-9(2)23-14(19)8-17-15(20)13(24-16(17)21)7-10-4-5-11(18)12(6-10)22-3/h4-7,9,18H,8H2,1-3H3/b13-7-. The fraction of sp³-hybridized carbons (Fsp3) is 0.312. The summed E-state index contributed by atoms with van der Waals surface area (Å²) in [5.41, 5.74) is 0.583. The van der Waals surface area contributed by atoms with Crippen LogP contribution in [0.15, 0.2) is 23.1 Å². The van der Waals surface area contributed by atoms with Crippen LogP contribution in [-0.4, -0.2) is 46.9 Å². The number of phenols is 1.